The third-order valence-corrected chi connectivity index (χ3v) is 5.12. The Hall–Kier alpha value is -2.98. The van der Waals surface area contributed by atoms with Gasteiger partial charge in [0.25, 0.3) is 5.91 Å². The lowest BCUT2D eigenvalue weighted by Gasteiger charge is -2.27. The van der Waals surface area contributed by atoms with Gasteiger partial charge in [0.15, 0.2) is 6.17 Å². The van der Waals surface area contributed by atoms with Crippen LogP contribution in [0.1, 0.15) is 10.4 Å². The van der Waals surface area contributed by atoms with Gasteiger partial charge in [-0.2, -0.15) is 4.72 Å². The highest BCUT2D eigenvalue weighted by molar-refractivity contribution is 7.89. The summed E-state index contributed by atoms with van der Waals surface area (Å²) in [6.07, 6.45) is -1.32. The summed E-state index contributed by atoms with van der Waals surface area (Å²) < 4.78 is 44.5. The number of methoxy groups -OCH3 is 1. The third kappa shape index (κ3) is 3.51. The summed E-state index contributed by atoms with van der Waals surface area (Å²) in [6.45, 7) is 0. The molecule has 1 amide bonds. The Kier molecular flexibility index (Phi) is 4.62. The Balaban J connectivity index is 1.78. The van der Waals surface area contributed by atoms with Crippen LogP contribution in [0, 0.1) is 5.82 Å². The molecule has 3 N–H and O–H groups in total. The fourth-order valence-electron chi connectivity index (χ4n) is 2.39. The first kappa shape index (κ1) is 17.8. The molecule has 0 bridgehead atoms. The number of hydrogen-bond acceptors (Lipinski definition) is 6. The number of rotatable bonds is 3. The van der Waals surface area contributed by atoms with Gasteiger partial charge in [-0.3, -0.25) is 4.79 Å². The number of fused-ring (bicyclic) bond motifs is 1. The van der Waals surface area contributed by atoms with Gasteiger partial charge in [0.1, 0.15) is 10.7 Å². The van der Waals surface area contributed by atoms with Crippen LogP contribution in [0.5, 0.6) is 0 Å². The van der Waals surface area contributed by atoms with Crippen molar-refractivity contribution in [1.29, 1.82) is 0 Å². The minimum absolute atomic E-state index is 0.00932. The molecule has 0 spiro atoms. The number of amides is 1. The second kappa shape index (κ2) is 6.73. The standard InChI is InChI=1S/C16H14FN3O5S/c1-25-16(22)9-2-5-11(6-3-9)18-15(21)14-19-12-8-10(17)4-7-13(12)26(23,24)20-14/h2-8,14,19-20H,1H3,(H,18,21)/t14-/m0/s1. The predicted molar refractivity (Wildman–Crippen MR) is 90.5 cm³/mol. The number of hydrogen-bond donors (Lipinski definition) is 3. The maximum atomic E-state index is 13.4. The van der Waals surface area contributed by atoms with Gasteiger partial charge in [0, 0.05) is 5.69 Å². The molecule has 0 unspecified atom stereocenters. The van der Waals surface area contributed by atoms with Crippen molar-refractivity contribution in [3.63, 3.8) is 0 Å². The highest BCUT2D eigenvalue weighted by Gasteiger charge is 2.33. The van der Waals surface area contributed by atoms with E-state index in [2.05, 4.69) is 20.1 Å². The average molecular weight is 379 g/mol. The molecule has 3 rings (SSSR count). The van der Waals surface area contributed by atoms with E-state index in [-0.39, 0.29) is 10.6 Å². The molecule has 1 heterocycles. The Morgan fingerprint density at radius 1 is 1.15 bits per heavy atom. The fourth-order valence-corrected chi connectivity index (χ4v) is 3.65. The number of nitrogens with one attached hydrogen (secondary N) is 3. The molecular formula is C16H14FN3O5S. The second-order valence-corrected chi connectivity index (χ2v) is 7.08. The summed E-state index contributed by atoms with van der Waals surface area (Å²) in [6, 6.07) is 8.96. The first-order valence-electron chi connectivity index (χ1n) is 7.38. The van der Waals surface area contributed by atoms with Gasteiger partial charge in [-0.15, -0.1) is 0 Å². The van der Waals surface area contributed by atoms with Gasteiger partial charge in [-0.25, -0.2) is 17.6 Å². The van der Waals surface area contributed by atoms with Crippen LogP contribution >= 0.6 is 0 Å². The molecule has 10 heteroatoms. The molecule has 0 radical (unpaired) electrons. The van der Waals surface area contributed by atoms with Crippen molar-refractivity contribution in [1.82, 2.24) is 4.72 Å². The third-order valence-electron chi connectivity index (χ3n) is 3.64. The minimum atomic E-state index is -3.97. The van der Waals surface area contributed by atoms with Crippen LogP contribution in [-0.4, -0.2) is 33.6 Å². The van der Waals surface area contributed by atoms with Crippen LogP contribution in [0.4, 0.5) is 15.8 Å². The zero-order valence-electron chi connectivity index (χ0n) is 13.4. The zero-order chi connectivity index (χ0) is 18.9. The smallest absolute Gasteiger partial charge is 0.337 e. The molecule has 2 aromatic rings. The van der Waals surface area contributed by atoms with Crippen LogP contribution in [0.25, 0.3) is 0 Å². The van der Waals surface area contributed by atoms with Gasteiger partial charge in [0.2, 0.25) is 10.0 Å². The number of halogens is 1. The monoisotopic (exact) mass is 379 g/mol. The first-order chi connectivity index (χ1) is 12.3. The van der Waals surface area contributed by atoms with E-state index in [1.54, 1.807) is 0 Å². The van der Waals surface area contributed by atoms with E-state index < -0.39 is 33.9 Å². The molecule has 26 heavy (non-hydrogen) atoms. The molecule has 0 saturated carbocycles. The van der Waals surface area contributed by atoms with Crippen molar-refractivity contribution in [2.75, 3.05) is 17.7 Å². The van der Waals surface area contributed by atoms with E-state index in [0.717, 1.165) is 18.2 Å². The largest absolute Gasteiger partial charge is 0.465 e. The van der Waals surface area contributed by atoms with E-state index in [1.165, 1.54) is 31.4 Å². The summed E-state index contributed by atoms with van der Waals surface area (Å²) in [7, 11) is -2.72. The van der Waals surface area contributed by atoms with Gasteiger partial charge in [-0.1, -0.05) is 0 Å². The van der Waals surface area contributed by atoms with Crippen LogP contribution in [-0.2, 0) is 19.6 Å². The lowest BCUT2D eigenvalue weighted by atomic mass is 10.2. The summed E-state index contributed by atoms with van der Waals surface area (Å²) in [5.74, 6) is -1.86. The van der Waals surface area contributed by atoms with Crippen molar-refractivity contribution in [3.05, 3.63) is 53.8 Å². The molecule has 0 fully saturated rings. The van der Waals surface area contributed by atoms with Crippen molar-refractivity contribution in [3.8, 4) is 0 Å². The maximum Gasteiger partial charge on any atom is 0.337 e. The highest BCUT2D eigenvalue weighted by atomic mass is 32.2. The highest BCUT2D eigenvalue weighted by Crippen LogP contribution is 2.27. The molecule has 2 aromatic carbocycles. The summed E-state index contributed by atoms with van der Waals surface area (Å²) in [4.78, 5) is 23.6. The Morgan fingerprint density at radius 2 is 1.85 bits per heavy atom. The minimum Gasteiger partial charge on any atom is -0.465 e. The first-order valence-corrected chi connectivity index (χ1v) is 8.86. The van der Waals surface area contributed by atoms with Gasteiger partial charge in [-0.05, 0) is 42.5 Å². The quantitative estimate of drug-likeness (QED) is 0.693. The van der Waals surface area contributed by atoms with E-state index in [9.17, 15) is 22.4 Å². The zero-order valence-corrected chi connectivity index (χ0v) is 14.3. The Morgan fingerprint density at radius 3 is 2.50 bits per heavy atom. The molecule has 136 valence electrons. The van der Waals surface area contributed by atoms with E-state index in [4.69, 9.17) is 0 Å². The van der Waals surface area contributed by atoms with E-state index >= 15 is 0 Å². The van der Waals surface area contributed by atoms with Crippen molar-refractivity contribution in [2.24, 2.45) is 0 Å². The Labute approximate surface area is 148 Å². The normalized spacial score (nSPS) is 17.5. The molecule has 1 atom stereocenters. The van der Waals surface area contributed by atoms with Crippen molar-refractivity contribution >= 4 is 33.3 Å². The molecule has 1 aliphatic rings. The van der Waals surface area contributed by atoms with Crippen molar-refractivity contribution < 1.29 is 27.1 Å². The Bertz CT molecular complexity index is 976. The topological polar surface area (TPSA) is 114 Å². The fraction of sp³-hybridized carbons (Fsp3) is 0.125. The van der Waals surface area contributed by atoms with Crippen LogP contribution in [0.3, 0.4) is 0 Å². The summed E-state index contributed by atoms with van der Waals surface area (Å²) in [5.41, 5.74) is 0.630. The number of benzene rings is 2. The summed E-state index contributed by atoms with van der Waals surface area (Å²) >= 11 is 0. The van der Waals surface area contributed by atoms with Crippen LogP contribution in [0.2, 0.25) is 0 Å². The predicted octanol–water partition coefficient (Wildman–Crippen LogP) is 1.28. The summed E-state index contributed by atoms with van der Waals surface area (Å²) in [5, 5.41) is 5.14. The second-order valence-electron chi connectivity index (χ2n) is 5.40. The van der Waals surface area contributed by atoms with Crippen LogP contribution in [0.15, 0.2) is 47.4 Å². The van der Waals surface area contributed by atoms with E-state index in [1.807, 2.05) is 0 Å². The maximum absolute atomic E-state index is 13.4. The number of carbonyl (C=O) groups is 2. The molecule has 1 aliphatic heterocycles. The molecule has 0 aromatic heterocycles. The van der Waals surface area contributed by atoms with Gasteiger partial charge >= 0.3 is 5.97 Å². The average Bonchev–Trinajstić information content (AvgIpc) is 2.60. The molecule has 0 saturated heterocycles. The number of anilines is 2. The number of carbonyl (C=O) groups excluding carboxylic acids is 2. The van der Waals surface area contributed by atoms with E-state index in [0.29, 0.717) is 11.3 Å². The SMILES string of the molecule is COC(=O)c1ccc(NC(=O)[C@H]2Nc3cc(F)ccc3S(=O)(=O)N2)cc1. The number of ether oxygens (including phenoxy) is 1. The molecular weight excluding hydrogens is 365 g/mol. The number of esters is 1. The lowest BCUT2D eigenvalue weighted by Crippen LogP contribution is -2.51. The van der Waals surface area contributed by atoms with Crippen molar-refractivity contribution in [2.45, 2.75) is 11.1 Å². The lowest BCUT2D eigenvalue weighted by molar-refractivity contribution is -0.117. The van der Waals surface area contributed by atoms with Gasteiger partial charge in [0.05, 0.1) is 18.4 Å². The molecule has 8 nitrogen and oxygen atoms in total. The van der Waals surface area contributed by atoms with Gasteiger partial charge < -0.3 is 15.4 Å². The van der Waals surface area contributed by atoms with Crippen LogP contribution < -0.4 is 15.4 Å². The number of sulfonamides is 1. The molecule has 0 aliphatic carbocycles.